The lowest BCUT2D eigenvalue weighted by atomic mass is 9.89. The van der Waals surface area contributed by atoms with Gasteiger partial charge in [0.05, 0.1) is 7.11 Å². The van der Waals surface area contributed by atoms with E-state index >= 15 is 0 Å². The molecule has 2 fully saturated rings. The standard InChI is InChI=1S/C15H20ClNO/c1-17-15(11-6-9-5-10(9)7-11)13-8-12(16)3-4-14(13)18-2/h3-4,8-11,15,17H,5-7H2,1-2H3. The van der Waals surface area contributed by atoms with Crippen LogP contribution in [0.4, 0.5) is 0 Å². The topological polar surface area (TPSA) is 21.3 Å². The van der Waals surface area contributed by atoms with Crippen molar-refractivity contribution in [1.82, 2.24) is 5.32 Å². The van der Waals surface area contributed by atoms with Gasteiger partial charge in [-0.2, -0.15) is 0 Å². The maximum Gasteiger partial charge on any atom is 0.123 e. The second-order valence-corrected chi connectivity index (χ2v) is 6.08. The van der Waals surface area contributed by atoms with Gasteiger partial charge in [0.25, 0.3) is 0 Å². The van der Waals surface area contributed by atoms with E-state index in [2.05, 4.69) is 5.32 Å². The first kappa shape index (κ1) is 12.3. The molecule has 3 heteroatoms. The molecular weight excluding hydrogens is 246 g/mol. The molecule has 3 rings (SSSR count). The molecule has 0 saturated heterocycles. The summed E-state index contributed by atoms with van der Waals surface area (Å²) >= 11 is 6.14. The lowest BCUT2D eigenvalue weighted by Crippen LogP contribution is -2.25. The van der Waals surface area contributed by atoms with Crippen LogP contribution in [0.15, 0.2) is 18.2 Å². The van der Waals surface area contributed by atoms with E-state index in [4.69, 9.17) is 16.3 Å². The smallest absolute Gasteiger partial charge is 0.123 e. The van der Waals surface area contributed by atoms with Gasteiger partial charge in [-0.15, -0.1) is 0 Å². The van der Waals surface area contributed by atoms with E-state index in [1.807, 2.05) is 25.2 Å². The van der Waals surface area contributed by atoms with E-state index < -0.39 is 0 Å². The second kappa shape index (κ2) is 4.75. The van der Waals surface area contributed by atoms with Crippen LogP contribution in [0.5, 0.6) is 5.75 Å². The SMILES string of the molecule is CNC(c1cc(Cl)ccc1OC)C1CC2CC2C1. The number of halogens is 1. The van der Waals surface area contributed by atoms with Crippen molar-refractivity contribution in [1.29, 1.82) is 0 Å². The Morgan fingerprint density at radius 1 is 1.28 bits per heavy atom. The zero-order chi connectivity index (χ0) is 12.7. The number of rotatable bonds is 4. The predicted octanol–water partition coefficient (Wildman–Crippen LogP) is 3.66. The van der Waals surface area contributed by atoms with Gasteiger partial charge in [0.1, 0.15) is 5.75 Å². The molecule has 0 amide bonds. The number of ether oxygens (including phenoxy) is 1. The van der Waals surface area contributed by atoms with Gasteiger partial charge in [-0.05, 0) is 62.3 Å². The Morgan fingerprint density at radius 3 is 2.61 bits per heavy atom. The molecule has 0 aliphatic heterocycles. The van der Waals surface area contributed by atoms with Crippen LogP contribution in [0.2, 0.25) is 5.02 Å². The lowest BCUT2D eigenvalue weighted by molar-refractivity contribution is 0.340. The van der Waals surface area contributed by atoms with Crippen molar-refractivity contribution in [2.24, 2.45) is 17.8 Å². The van der Waals surface area contributed by atoms with E-state index in [0.29, 0.717) is 6.04 Å². The first-order chi connectivity index (χ1) is 8.72. The van der Waals surface area contributed by atoms with Crippen molar-refractivity contribution >= 4 is 11.6 Å². The zero-order valence-electron chi connectivity index (χ0n) is 10.9. The molecule has 1 N–H and O–H groups in total. The van der Waals surface area contributed by atoms with Gasteiger partial charge in [0.2, 0.25) is 0 Å². The third kappa shape index (κ3) is 2.12. The fourth-order valence-corrected chi connectivity index (χ4v) is 3.81. The first-order valence-electron chi connectivity index (χ1n) is 6.73. The Bertz CT molecular complexity index is 438. The van der Waals surface area contributed by atoms with Gasteiger partial charge in [-0.1, -0.05) is 11.6 Å². The normalized spacial score (nSPS) is 30.9. The van der Waals surface area contributed by atoms with Crippen LogP contribution < -0.4 is 10.1 Å². The van der Waals surface area contributed by atoms with Gasteiger partial charge in [-0.3, -0.25) is 0 Å². The number of nitrogens with one attached hydrogen (secondary N) is 1. The van der Waals surface area contributed by atoms with Crippen molar-refractivity contribution in [3.63, 3.8) is 0 Å². The average Bonchev–Trinajstić information content (AvgIpc) is 2.98. The highest BCUT2D eigenvalue weighted by Gasteiger charge is 2.48. The summed E-state index contributed by atoms with van der Waals surface area (Å²) in [5, 5.41) is 4.25. The van der Waals surface area contributed by atoms with E-state index in [0.717, 1.165) is 28.5 Å². The van der Waals surface area contributed by atoms with Crippen molar-refractivity contribution < 1.29 is 4.74 Å². The Labute approximate surface area is 114 Å². The Kier molecular flexibility index (Phi) is 3.25. The minimum Gasteiger partial charge on any atom is -0.496 e. The van der Waals surface area contributed by atoms with E-state index in [1.54, 1.807) is 7.11 Å². The third-order valence-electron chi connectivity index (χ3n) is 4.59. The number of hydrogen-bond acceptors (Lipinski definition) is 2. The molecule has 1 aromatic carbocycles. The minimum absolute atomic E-state index is 0.367. The highest BCUT2D eigenvalue weighted by molar-refractivity contribution is 6.30. The highest BCUT2D eigenvalue weighted by atomic mass is 35.5. The zero-order valence-corrected chi connectivity index (χ0v) is 11.7. The summed E-state index contributed by atoms with van der Waals surface area (Å²) in [7, 11) is 3.76. The molecule has 0 radical (unpaired) electrons. The predicted molar refractivity (Wildman–Crippen MR) is 74.1 cm³/mol. The van der Waals surface area contributed by atoms with E-state index in [-0.39, 0.29) is 0 Å². The van der Waals surface area contributed by atoms with E-state index in [9.17, 15) is 0 Å². The Hall–Kier alpha value is -0.730. The Balaban J connectivity index is 1.88. The van der Waals surface area contributed by atoms with Crippen LogP contribution in [0, 0.1) is 17.8 Å². The summed E-state index contributed by atoms with van der Waals surface area (Å²) in [5.74, 6) is 3.66. The molecule has 2 aliphatic rings. The molecule has 2 aliphatic carbocycles. The molecular formula is C15H20ClNO. The quantitative estimate of drug-likeness (QED) is 0.897. The molecule has 3 unspecified atom stereocenters. The molecule has 0 aromatic heterocycles. The van der Waals surface area contributed by atoms with Crippen LogP contribution in [-0.2, 0) is 0 Å². The van der Waals surface area contributed by atoms with Crippen LogP contribution in [0.1, 0.15) is 30.9 Å². The van der Waals surface area contributed by atoms with Gasteiger partial charge in [0, 0.05) is 16.6 Å². The first-order valence-corrected chi connectivity index (χ1v) is 7.11. The van der Waals surface area contributed by atoms with Gasteiger partial charge in [0.15, 0.2) is 0 Å². The average molecular weight is 266 g/mol. The number of hydrogen-bond donors (Lipinski definition) is 1. The van der Waals surface area contributed by atoms with Crippen LogP contribution in [0.25, 0.3) is 0 Å². The molecule has 98 valence electrons. The maximum atomic E-state index is 6.14. The van der Waals surface area contributed by atoms with Crippen molar-refractivity contribution in [2.45, 2.75) is 25.3 Å². The summed E-state index contributed by atoms with van der Waals surface area (Å²) in [5.41, 5.74) is 1.21. The molecule has 18 heavy (non-hydrogen) atoms. The Morgan fingerprint density at radius 2 is 2.00 bits per heavy atom. The second-order valence-electron chi connectivity index (χ2n) is 5.64. The summed E-state index contributed by atoms with van der Waals surface area (Å²) in [6.07, 6.45) is 4.16. The van der Waals surface area contributed by atoms with Crippen molar-refractivity contribution in [2.75, 3.05) is 14.2 Å². The third-order valence-corrected chi connectivity index (χ3v) is 4.82. The molecule has 0 spiro atoms. The van der Waals surface area contributed by atoms with E-state index in [1.165, 1.54) is 24.8 Å². The molecule has 1 aromatic rings. The van der Waals surface area contributed by atoms with Crippen molar-refractivity contribution in [3.8, 4) is 5.75 Å². The fraction of sp³-hybridized carbons (Fsp3) is 0.600. The fourth-order valence-electron chi connectivity index (χ4n) is 3.63. The van der Waals surface area contributed by atoms with Gasteiger partial charge >= 0.3 is 0 Å². The molecule has 2 saturated carbocycles. The number of methoxy groups -OCH3 is 1. The number of benzene rings is 1. The van der Waals surface area contributed by atoms with Crippen LogP contribution in [0.3, 0.4) is 0 Å². The summed E-state index contributed by atoms with van der Waals surface area (Å²) in [6, 6.07) is 6.28. The minimum atomic E-state index is 0.367. The van der Waals surface area contributed by atoms with Crippen LogP contribution >= 0.6 is 11.6 Å². The lowest BCUT2D eigenvalue weighted by Gasteiger charge is -2.26. The van der Waals surface area contributed by atoms with Crippen LogP contribution in [-0.4, -0.2) is 14.2 Å². The summed E-state index contributed by atoms with van der Waals surface area (Å²) < 4.78 is 5.48. The molecule has 2 nitrogen and oxygen atoms in total. The highest BCUT2D eigenvalue weighted by Crippen LogP contribution is 2.57. The largest absolute Gasteiger partial charge is 0.496 e. The molecule has 0 heterocycles. The monoisotopic (exact) mass is 265 g/mol. The summed E-state index contributed by atoms with van der Waals surface area (Å²) in [6.45, 7) is 0. The molecule has 0 bridgehead atoms. The number of fused-ring (bicyclic) bond motifs is 1. The molecule has 3 atom stereocenters. The van der Waals surface area contributed by atoms with Gasteiger partial charge in [-0.25, -0.2) is 0 Å². The van der Waals surface area contributed by atoms with Gasteiger partial charge < -0.3 is 10.1 Å². The van der Waals surface area contributed by atoms with Crippen molar-refractivity contribution in [3.05, 3.63) is 28.8 Å². The summed E-state index contributed by atoms with van der Waals surface area (Å²) in [4.78, 5) is 0. The maximum absolute atomic E-state index is 6.14.